The summed E-state index contributed by atoms with van der Waals surface area (Å²) in [6.45, 7) is 5.58. The molecule has 1 saturated heterocycles. The van der Waals surface area contributed by atoms with Crippen LogP contribution >= 0.6 is 0 Å². The van der Waals surface area contributed by atoms with Gasteiger partial charge in [0, 0.05) is 50.5 Å². The minimum absolute atomic E-state index is 0.00213. The fourth-order valence-corrected chi connectivity index (χ4v) is 4.87. The summed E-state index contributed by atoms with van der Waals surface area (Å²) >= 11 is 0. The Labute approximate surface area is 209 Å². The number of aliphatic hydroxyl groups is 1. The maximum absolute atomic E-state index is 13.2. The average molecular weight is 508 g/mol. The number of likely N-dealkylation sites (tertiary alicyclic amines) is 1. The van der Waals surface area contributed by atoms with Crippen LogP contribution in [0.25, 0.3) is 0 Å². The molecule has 9 nitrogen and oxygen atoms in total. The Morgan fingerprint density at radius 1 is 1.17 bits per heavy atom. The van der Waals surface area contributed by atoms with Crippen LogP contribution in [0.5, 0.6) is 6.01 Å². The lowest BCUT2D eigenvalue weighted by Gasteiger charge is -2.40. The minimum atomic E-state index is -2.71. The van der Waals surface area contributed by atoms with Gasteiger partial charge in [-0.05, 0) is 38.2 Å². The van der Waals surface area contributed by atoms with Crippen molar-refractivity contribution in [2.45, 2.75) is 76.9 Å². The highest BCUT2D eigenvalue weighted by Gasteiger charge is 2.50. The molecule has 0 spiro atoms. The number of aliphatic hydroxyl groups excluding tert-OH is 1. The van der Waals surface area contributed by atoms with Gasteiger partial charge in [-0.3, -0.25) is 9.59 Å². The monoisotopic (exact) mass is 507 g/mol. The first-order chi connectivity index (χ1) is 17.2. The Balaban J connectivity index is 1.43. The Kier molecular flexibility index (Phi) is 7.94. The van der Waals surface area contributed by atoms with E-state index in [0.717, 1.165) is 12.8 Å². The third kappa shape index (κ3) is 6.22. The van der Waals surface area contributed by atoms with Gasteiger partial charge in [0.25, 0.3) is 5.91 Å². The van der Waals surface area contributed by atoms with E-state index in [1.165, 1.54) is 4.90 Å². The Morgan fingerprint density at radius 3 is 2.47 bits per heavy atom. The zero-order chi connectivity index (χ0) is 25.9. The van der Waals surface area contributed by atoms with Crippen LogP contribution in [-0.4, -0.2) is 80.9 Å². The molecule has 3 aliphatic rings. The summed E-state index contributed by atoms with van der Waals surface area (Å²) in [4.78, 5) is 37.7. The fourth-order valence-electron chi connectivity index (χ4n) is 4.87. The number of hydrogen-bond acceptors (Lipinski definition) is 7. The molecule has 0 atom stereocenters. The molecule has 198 valence electrons. The molecular formula is C25H35F2N5O4. The molecule has 11 heteroatoms. The highest BCUT2D eigenvalue weighted by atomic mass is 19.3. The van der Waals surface area contributed by atoms with Crippen molar-refractivity contribution >= 4 is 17.6 Å². The molecule has 2 fully saturated rings. The summed E-state index contributed by atoms with van der Waals surface area (Å²) in [5, 5.41) is 13.2. The number of hydrogen-bond donors (Lipinski definition) is 2. The van der Waals surface area contributed by atoms with E-state index in [-0.39, 0.29) is 60.8 Å². The van der Waals surface area contributed by atoms with Gasteiger partial charge in [-0.1, -0.05) is 13.8 Å². The van der Waals surface area contributed by atoms with Gasteiger partial charge in [0.05, 0.1) is 6.54 Å². The van der Waals surface area contributed by atoms with Gasteiger partial charge >= 0.3 is 6.01 Å². The van der Waals surface area contributed by atoms with Crippen LogP contribution in [0.15, 0.2) is 17.9 Å². The minimum Gasteiger partial charge on any atom is -0.511 e. The second-order valence-corrected chi connectivity index (χ2v) is 9.89. The lowest BCUT2D eigenvalue weighted by atomic mass is 9.80. The van der Waals surface area contributed by atoms with Crippen molar-refractivity contribution in [3.05, 3.63) is 23.6 Å². The maximum atomic E-state index is 13.2. The van der Waals surface area contributed by atoms with Crippen LogP contribution in [0.1, 0.15) is 69.3 Å². The zero-order valence-electron chi connectivity index (χ0n) is 20.9. The number of nitrogens with one attached hydrogen (secondary N) is 1. The van der Waals surface area contributed by atoms with Crippen molar-refractivity contribution in [3.8, 4) is 6.01 Å². The van der Waals surface area contributed by atoms with Crippen LogP contribution < -0.4 is 10.1 Å². The Hall–Kier alpha value is -2.98. The quantitative estimate of drug-likeness (QED) is 0.551. The number of carbonyl (C=O) groups excluding carboxylic acids is 2. The van der Waals surface area contributed by atoms with Crippen LogP contribution in [-0.2, 0) is 4.79 Å². The fraction of sp³-hybridized carbons (Fsp3) is 0.680. The predicted molar refractivity (Wildman–Crippen MR) is 129 cm³/mol. The van der Waals surface area contributed by atoms with E-state index < -0.39 is 11.8 Å². The highest BCUT2D eigenvalue weighted by molar-refractivity contribution is 5.93. The number of halogens is 2. The van der Waals surface area contributed by atoms with E-state index in [1.54, 1.807) is 17.0 Å². The molecule has 36 heavy (non-hydrogen) atoms. The number of aromatic nitrogens is 2. The molecular weight excluding hydrogens is 472 g/mol. The van der Waals surface area contributed by atoms with E-state index in [0.29, 0.717) is 44.7 Å². The van der Waals surface area contributed by atoms with Gasteiger partial charge < -0.3 is 25.0 Å². The van der Waals surface area contributed by atoms with Crippen LogP contribution in [0.4, 0.5) is 14.6 Å². The molecule has 1 saturated carbocycles. The van der Waals surface area contributed by atoms with Crippen molar-refractivity contribution < 1.29 is 28.2 Å². The molecule has 0 radical (unpaired) electrons. The molecule has 3 heterocycles. The highest BCUT2D eigenvalue weighted by Crippen LogP contribution is 2.43. The lowest BCUT2D eigenvalue weighted by Crippen LogP contribution is -2.50. The Bertz CT molecular complexity index is 985. The van der Waals surface area contributed by atoms with Crippen molar-refractivity contribution in [2.75, 3.05) is 31.5 Å². The summed E-state index contributed by atoms with van der Waals surface area (Å²) in [7, 11) is 0. The number of alkyl halides is 2. The number of ether oxygens (including phenoxy) is 1. The zero-order valence-corrected chi connectivity index (χ0v) is 20.9. The van der Waals surface area contributed by atoms with Crippen LogP contribution in [0, 0.1) is 5.92 Å². The van der Waals surface area contributed by atoms with Crippen molar-refractivity contribution in [3.63, 3.8) is 0 Å². The molecule has 1 aromatic heterocycles. The first-order valence-corrected chi connectivity index (χ1v) is 12.8. The largest absolute Gasteiger partial charge is 0.511 e. The van der Waals surface area contributed by atoms with Gasteiger partial charge in [-0.2, -0.15) is 9.97 Å². The number of anilines is 1. The van der Waals surface area contributed by atoms with Gasteiger partial charge in [-0.25, -0.2) is 8.78 Å². The molecule has 2 N–H and O–H groups in total. The number of amides is 2. The second kappa shape index (κ2) is 11.0. The van der Waals surface area contributed by atoms with Crippen molar-refractivity contribution in [1.29, 1.82) is 0 Å². The van der Waals surface area contributed by atoms with Gasteiger partial charge in [0.15, 0.2) is 0 Å². The standard InChI is InChI=1S/C25H35F2N5O4/c1-3-19(4-2)36-24-29-20(23(35)32-9-5-6-18(33)15-32)12-21(30-24)28-17-7-10-31(11-8-17)22(34)16-13-25(26,27)14-16/h6,12,16-17,19,33H,3-5,7-11,13-15H2,1-2H3,(H,28,29,30). The lowest BCUT2D eigenvalue weighted by molar-refractivity contribution is -0.160. The van der Waals surface area contributed by atoms with E-state index in [2.05, 4.69) is 15.3 Å². The smallest absolute Gasteiger partial charge is 0.319 e. The summed E-state index contributed by atoms with van der Waals surface area (Å²) in [5.74, 6) is -3.17. The second-order valence-electron chi connectivity index (χ2n) is 9.89. The van der Waals surface area contributed by atoms with Gasteiger partial charge in [0.2, 0.25) is 11.8 Å². The van der Waals surface area contributed by atoms with Gasteiger partial charge in [-0.15, -0.1) is 0 Å². The first kappa shape index (κ1) is 26.1. The van der Waals surface area contributed by atoms with E-state index in [1.807, 2.05) is 13.8 Å². The third-order valence-corrected chi connectivity index (χ3v) is 7.12. The topological polar surface area (TPSA) is 108 Å². The molecule has 1 aliphatic carbocycles. The SMILES string of the molecule is CCC(CC)Oc1nc(NC2CCN(C(=O)C3CC(F)(F)C3)CC2)cc(C(=O)N2CCC=C(O)C2)n1. The molecule has 0 unspecified atom stereocenters. The molecule has 0 bridgehead atoms. The summed E-state index contributed by atoms with van der Waals surface area (Å²) in [6.07, 6.45) is 4.28. The molecule has 4 rings (SSSR count). The number of piperidine rings is 1. The number of rotatable bonds is 8. The predicted octanol–water partition coefficient (Wildman–Crippen LogP) is 3.78. The first-order valence-electron chi connectivity index (χ1n) is 12.8. The van der Waals surface area contributed by atoms with Crippen LogP contribution in [0.2, 0.25) is 0 Å². The molecule has 2 amide bonds. The van der Waals surface area contributed by atoms with E-state index >= 15 is 0 Å². The molecule has 0 aromatic carbocycles. The summed E-state index contributed by atoms with van der Waals surface area (Å²) < 4.78 is 32.3. The Morgan fingerprint density at radius 2 is 1.86 bits per heavy atom. The number of carbonyl (C=O) groups is 2. The third-order valence-electron chi connectivity index (χ3n) is 7.12. The molecule has 1 aromatic rings. The van der Waals surface area contributed by atoms with E-state index in [4.69, 9.17) is 4.74 Å². The van der Waals surface area contributed by atoms with Crippen LogP contribution in [0.3, 0.4) is 0 Å². The average Bonchev–Trinajstić information content (AvgIpc) is 2.85. The summed E-state index contributed by atoms with van der Waals surface area (Å²) in [5.41, 5.74) is 0.182. The molecule has 2 aliphatic heterocycles. The van der Waals surface area contributed by atoms with Gasteiger partial charge in [0.1, 0.15) is 23.4 Å². The van der Waals surface area contributed by atoms with E-state index in [9.17, 15) is 23.5 Å². The van der Waals surface area contributed by atoms with Crippen molar-refractivity contribution in [1.82, 2.24) is 19.8 Å². The normalized spacial score (nSPS) is 20.6. The summed E-state index contributed by atoms with van der Waals surface area (Å²) in [6, 6.07) is 1.70. The maximum Gasteiger partial charge on any atom is 0.319 e. The number of nitrogens with zero attached hydrogens (tertiary/aromatic N) is 4. The van der Waals surface area contributed by atoms with Crippen molar-refractivity contribution in [2.24, 2.45) is 5.92 Å².